The summed E-state index contributed by atoms with van der Waals surface area (Å²) >= 11 is 0. The summed E-state index contributed by atoms with van der Waals surface area (Å²) in [4.78, 5) is 15.3. The van der Waals surface area contributed by atoms with Crippen LogP contribution in [0.3, 0.4) is 0 Å². The molecule has 0 aliphatic heterocycles. The minimum atomic E-state index is -0.323. The highest BCUT2D eigenvalue weighted by atomic mass is 16.5. The maximum atomic E-state index is 10.9. The van der Waals surface area contributed by atoms with Gasteiger partial charge in [0.05, 0.1) is 6.61 Å². The molecule has 0 fully saturated rings. The van der Waals surface area contributed by atoms with Crippen LogP contribution in [0.2, 0.25) is 0 Å². The van der Waals surface area contributed by atoms with Crippen molar-refractivity contribution in [2.75, 3.05) is 6.61 Å². The molecule has 0 atom stereocenters. The van der Waals surface area contributed by atoms with Crippen molar-refractivity contribution >= 4 is 11.6 Å². The Bertz CT molecular complexity index is 590. The molecule has 138 valence electrons. The Morgan fingerprint density at radius 2 is 1.96 bits per heavy atom. The Morgan fingerprint density at radius 3 is 2.68 bits per heavy atom. The Balaban J connectivity index is 2.30. The van der Waals surface area contributed by atoms with Crippen molar-refractivity contribution in [3.8, 4) is 5.75 Å². The molecule has 0 saturated carbocycles. The molecule has 0 spiro atoms. The summed E-state index contributed by atoms with van der Waals surface area (Å²) in [5.41, 5.74) is 5.10. The first-order chi connectivity index (χ1) is 12.0. The van der Waals surface area contributed by atoms with Gasteiger partial charge in [-0.3, -0.25) is 15.0 Å². The average Bonchev–Trinajstić information content (AvgIpc) is 2.59. The number of allylic oxidation sites excluding steroid dienone is 1. The standard InChI is InChI=1S/C20H30N2O3/c1-16(2)15-21-17(3)13-18-9-8-10-19(14-18)25-12-7-5-4-6-11-20(23)22-24/h8-10,14-15,24H,4-7,11-13H2,1-3H3,(H,22,23). The van der Waals surface area contributed by atoms with E-state index in [9.17, 15) is 4.79 Å². The molecular weight excluding hydrogens is 316 g/mol. The largest absolute Gasteiger partial charge is 0.494 e. The maximum absolute atomic E-state index is 10.9. The zero-order chi connectivity index (χ0) is 18.5. The molecular formula is C20H30N2O3. The number of nitrogens with zero attached hydrogens (tertiary/aromatic N) is 1. The molecule has 1 aromatic rings. The minimum absolute atomic E-state index is 0.323. The zero-order valence-corrected chi connectivity index (χ0v) is 15.5. The number of nitrogens with one attached hydrogen (secondary N) is 1. The van der Waals surface area contributed by atoms with E-state index in [1.165, 1.54) is 11.1 Å². The van der Waals surface area contributed by atoms with E-state index < -0.39 is 0 Å². The number of aliphatic imine (C=N–C) groups is 1. The molecule has 5 heteroatoms. The van der Waals surface area contributed by atoms with Gasteiger partial charge in [0.25, 0.3) is 0 Å². The van der Waals surface area contributed by atoms with Crippen LogP contribution in [0.25, 0.3) is 0 Å². The van der Waals surface area contributed by atoms with Gasteiger partial charge in [-0.25, -0.2) is 5.48 Å². The summed E-state index contributed by atoms with van der Waals surface area (Å²) < 4.78 is 5.80. The molecule has 0 aliphatic rings. The quantitative estimate of drug-likeness (QED) is 0.269. The Labute approximate surface area is 150 Å². The van der Waals surface area contributed by atoms with Gasteiger partial charge in [0, 0.05) is 24.8 Å². The number of amides is 1. The third kappa shape index (κ3) is 10.4. The number of carbonyl (C=O) groups is 1. The van der Waals surface area contributed by atoms with E-state index >= 15 is 0 Å². The topological polar surface area (TPSA) is 70.9 Å². The predicted octanol–water partition coefficient (Wildman–Crippen LogP) is 4.45. The van der Waals surface area contributed by atoms with Gasteiger partial charge in [0.15, 0.2) is 0 Å². The lowest BCUT2D eigenvalue weighted by atomic mass is 10.1. The number of carbonyl (C=O) groups excluding carboxylic acids is 1. The number of rotatable bonds is 11. The van der Waals surface area contributed by atoms with Gasteiger partial charge in [0.1, 0.15) is 5.75 Å². The van der Waals surface area contributed by atoms with Crippen molar-refractivity contribution in [2.45, 2.75) is 59.3 Å². The summed E-state index contributed by atoms with van der Waals surface area (Å²) in [5, 5.41) is 8.40. The molecule has 1 amide bonds. The first-order valence-electron chi connectivity index (χ1n) is 8.82. The van der Waals surface area contributed by atoms with Crippen LogP contribution >= 0.6 is 0 Å². The van der Waals surface area contributed by atoms with Crippen LogP contribution in [0.15, 0.2) is 41.0 Å². The number of hydrogen-bond acceptors (Lipinski definition) is 4. The van der Waals surface area contributed by atoms with Crippen LogP contribution in [0.5, 0.6) is 5.75 Å². The normalized spacial score (nSPS) is 11.1. The molecule has 0 radical (unpaired) electrons. The van der Waals surface area contributed by atoms with Crippen LogP contribution in [0, 0.1) is 0 Å². The van der Waals surface area contributed by atoms with E-state index in [2.05, 4.69) is 17.1 Å². The van der Waals surface area contributed by atoms with Crippen molar-refractivity contribution in [3.05, 3.63) is 41.6 Å². The Morgan fingerprint density at radius 1 is 1.20 bits per heavy atom. The fourth-order valence-electron chi connectivity index (χ4n) is 2.31. The smallest absolute Gasteiger partial charge is 0.243 e. The summed E-state index contributed by atoms with van der Waals surface area (Å²) in [7, 11) is 0. The molecule has 0 aromatic heterocycles. The lowest BCUT2D eigenvalue weighted by molar-refractivity contribution is -0.129. The summed E-state index contributed by atoms with van der Waals surface area (Å²) in [5.74, 6) is 0.559. The Kier molecular flexibility index (Phi) is 10.2. The van der Waals surface area contributed by atoms with Gasteiger partial charge in [-0.2, -0.15) is 0 Å². The molecule has 0 heterocycles. The average molecular weight is 346 g/mol. The monoisotopic (exact) mass is 346 g/mol. The van der Waals surface area contributed by atoms with Crippen LogP contribution in [0.4, 0.5) is 0 Å². The first-order valence-corrected chi connectivity index (χ1v) is 8.82. The second-order valence-corrected chi connectivity index (χ2v) is 6.44. The molecule has 0 aliphatic carbocycles. The second-order valence-electron chi connectivity index (χ2n) is 6.44. The van der Waals surface area contributed by atoms with Gasteiger partial charge in [-0.05, 0) is 51.3 Å². The molecule has 0 unspecified atom stereocenters. The van der Waals surface area contributed by atoms with E-state index in [4.69, 9.17) is 9.94 Å². The van der Waals surface area contributed by atoms with E-state index in [-0.39, 0.29) is 5.91 Å². The number of ether oxygens (including phenoxy) is 1. The van der Waals surface area contributed by atoms with E-state index in [0.717, 1.165) is 43.6 Å². The van der Waals surface area contributed by atoms with Crippen molar-refractivity contribution in [1.82, 2.24) is 5.48 Å². The third-order valence-electron chi connectivity index (χ3n) is 3.59. The number of hydroxylamine groups is 1. The fraction of sp³-hybridized carbons (Fsp3) is 0.500. The fourth-order valence-corrected chi connectivity index (χ4v) is 2.31. The van der Waals surface area contributed by atoms with Crippen molar-refractivity contribution in [3.63, 3.8) is 0 Å². The number of hydrogen-bond donors (Lipinski definition) is 2. The van der Waals surface area contributed by atoms with Crippen LogP contribution in [-0.4, -0.2) is 23.4 Å². The lowest BCUT2D eigenvalue weighted by Crippen LogP contribution is -2.17. The van der Waals surface area contributed by atoms with E-state index in [1.807, 2.05) is 39.1 Å². The molecule has 5 nitrogen and oxygen atoms in total. The van der Waals surface area contributed by atoms with Crippen molar-refractivity contribution < 1.29 is 14.7 Å². The van der Waals surface area contributed by atoms with E-state index in [0.29, 0.717) is 13.0 Å². The third-order valence-corrected chi connectivity index (χ3v) is 3.59. The predicted molar refractivity (Wildman–Crippen MR) is 101 cm³/mol. The minimum Gasteiger partial charge on any atom is -0.494 e. The highest BCUT2D eigenvalue weighted by Crippen LogP contribution is 2.15. The molecule has 0 bridgehead atoms. The SMILES string of the molecule is CC(C)=CN=C(C)Cc1cccc(OCCCCCCC(=O)NO)c1. The summed E-state index contributed by atoms with van der Waals surface area (Å²) in [6, 6.07) is 8.12. The number of benzene rings is 1. The first kappa shape index (κ1) is 20.9. The molecule has 1 aromatic carbocycles. The molecule has 1 rings (SSSR count). The molecule has 0 saturated heterocycles. The van der Waals surface area contributed by atoms with Gasteiger partial charge in [0.2, 0.25) is 5.91 Å². The van der Waals surface area contributed by atoms with Crippen LogP contribution in [-0.2, 0) is 11.2 Å². The van der Waals surface area contributed by atoms with Crippen LogP contribution in [0.1, 0.15) is 58.4 Å². The molecule has 25 heavy (non-hydrogen) atoms. The van der Waals surface area contributed by atoms with Gasteiger partial charge in [-0.1, -0.05) is 30.5 Å². The summed E-state index contributed by atoms with van der Waals surface area (Å²) in [6.45, 7) is 6.77. The van der Waals surface area contributed by atoms with Crippen molar-refractivity contribution in [2.24, 2.45) is 4.99 Å². The van der Waals surface area contributed by atoms with Crippen LogP contribution < -0.4 is 10.2 Å². The number of unbranched alkanes of at least 4 members (excludes halogenated alkanes) is 3. The van der Waals surface area contributed by atoms with Gasteiger partial charge >= 0.3 is 0 Å². The van der Waals surface area contributed by atoms with Gasteiger partial charge in [-0.15, -0.1) is 0 Å². The second kappa shape index (κ2) is 12.3. The Hall–Kier alpha value is -2.14. The maximum Gasteiger partial charge on any atom is 0.243 e. The van der Waals surface area contributed by atoms with Crippen molar-refractivity contribution in [1.29, 1.82) is 0 Å². The van der Waals surface area contributed by atoms with Gasteiger partial charge < -0.3 is 4.74 Å². The molecule has 2 N–H and O–H groups in total. The highest BCUT2D eigenvalue weighted by molar-refractivity contribution is 5.84. The highest BCUT2D eigenvalue weighted by Gasteiger charge is 2.01. The lowest BCUT2D eigenvalue weighted by Gasteiger charge is -2.08. The zero-order valence-electron chi connectivity index (χ0n) is 15.5. The summed E-state index contributed by atoms with van der Waals surface area (Å²) in [6.07, 6.45) is 6.77. The van der Waals surface area contributed by atoms with E-state index in [1.54, 1.807) is 5.48 Å².